The first-order valence-electron chi connectivity index (χ1n) is 23.4. The van der Waals surface area contributed by atoms with Crippen LogP contribution in [0.5, 0.6) is 23.4 Å². The van der Waals surface area contributed by atoms with E-state index in [1.807, 2.05) is 173 Å². The SMILES string of the molecule is C.C.C.C.C.C.C#CC#CC#CC#CC#CC#CC#CC.CC.CC.CC.CC.CC.CC.CC.CC.CNC(=O)Nc1ccc(Oc2ccc(C)cc2)nc1.CNC(=O)Nc1cnc(Oc2ccc(C)cc2)nc1. The summed E-state index contributed by atoms with van der Waals surface area (Å²) in [6.07, 6.45) is 9.37. The second-order valence-electron chi connectivity index (χ2n) is 9.65. The molecule has 0 saturated carbocycles. The molecule has 75 heavy (non-hydrogen) atoms. The number of benzene rings is 2. The van der Waals surface area contributed by atoms with Gasteiger partial charge in [0.05, 0.1) is 30.0 Å². The van der Waals surface area contributed by atoms with Crippen LogP contribution in [0.4, 0.5) is 21.0 Å². The maximum Gasteiger partial charge on any atom is 0.322 e. The zero-order valence-corrected chi connectivity index (χ0v) is 45.6. The van der Waals surface area contributed by atoms with Gasteiger partial charge in [0.1, 0.15) is 11.5 Å². The monoisotopic (exact) mass is 1040 g/mol. The fourth-order valence-electron chi connectivity index (χ4n) is 3.15. The minimum absolute atomic E-state index is 0. The molecule has 0 aliphatic heterocycles. The molecule has 0 spiro atoms. The summed E-state index contributed by atoms with van der Waals surface area (Å²) >= 11 is 0. The normalized spacial score (nSPS) is 6.35. The number of aromatic nitrogens is 3. The molecule has 4 aromatic rings. The topological polar surface area (TPSA) is 139 Å². The molecule has 0 aliphatic carbocycles. The summed E-state index contributed by atoms with van der Waals surface area (Å²) in [5.74, 6) is 33.8. The van der Waals surface area contributed by atoms with Gasteiger partial charge in [-0.3, -0.25) is 0 Å². The van der Waals surface area contributed by atoms with E-state index in [2.05, 4.69) is 113 Å². The summed E-state index contributed by atoms with van der Waals surface area (Å²) in [5.41, 5.74) is 3.43. The molecule has 4 N–H and O–H groups in total. The zero-order valence-electron chi connectivity index (χ0n) is 45.6. The molecular weight excluding hydrogens is 931 g/mol. The van der Waals surface area contributed by atoms with Gasteiger partial charge < -0.3 is 30.7 Å². The number of rotatable bonds is 6. The van der Waals surface area contributed by atoms with Crippen molar-refractivity contribution in [2.45, 2.75) is 176 Å². The van der Waals surface area contributed by atoms with Gasteiger partial charge in [-0.1, -0.05) is 197 Å². The van der Waals surface area contributed by atoms with Crippen molar-refractivity contribution in [2.24, 2.45) is 0 Å². The highest BCUT2D eigenvalue weighted by atomic mass is 16.5. The number of amides is 4. The van der Waals surface area contributed by atoms with Crippen molar-refractivity contribution in [3.8, 4) is 107 Å². The number of nitrogens with one attached hydrogen (secondary N) is 4. The standard InChI is InChI=1S/C15H4.C14H15N3O2.C13H14N4O2.8C2H6.6CH4/c1-3-5-7-9-11-13-15-14-12-10-8-6-4-2;1-10-3-6-12(7-4-10)19-13-8-5-11(9-16-13)17-14(18)15-2;1-9-3-5-11(6-4-9)19-13-15-7-10(8-16-13)17-12(18)14-2;8*1-2;;;;;;/h1H,2H3;3-9H,1-2H3,(H2,15,17,18);3-8H,1-2H3,(H2,14,17,18);8*1-2H3;6*1H4. The van der Waals surface area contributed by atoms with Gasteiger partial charge in [-0.2, -0.15) is 0 Å². The number of pyridine rings is 1. The Balaban J connectivity index is -0.0000000596. The van der Waals surface area contributed by atoms with E-state index in [4.69, 9.17) is 15.9 Å². The lowest BCUT2D eigenvalue weighted by Gasteiger charge is -2.07. The number of urea groups is 2. The van der Waals surface area contributed by atoms with E-state index >= 15 is 0 Å². The van der Waals surface area contributed by atoms with E-state index in [1.165, 1.54) is 25.0 Å². The molecule has 11 heteroatoms. The number of anilines is 2. The van der Waals surface area contributed by atoms with Crippen LogP contribution in [0.2, 0.25) is 0 Å². The number of ether oxygens (including phenoxy) is 2. The Morgan fingerprint density at radius 2 is 0.733 bits per heavy atom. The zero-order chi connectivity index (χ0) is 54.5. The minimum atomic E-state index is -0.323. The van der Waals surface area contributed by atoms with E-state index in [9.17, 15) is 9.59 Å². The van der Waals surface area contributed by atoms with E-state index in [0.717, 1.165) is 11.3 Å². The second-order valence-corrected chi connectivity index (χ2v) is 9.65. The third-order valence-corrected chi connectivity index (χ3v) is 5.63. The number of hydrogen-bond acceptors (Lipinski definition) is 7. The molecule has 0 bridgehead atoms. The first-order chi connectivity index (χ1) is 33.8. The fourth-order valence-corrected chi connectivity index (χ4v) is 3.15. The highest BCUT2D eigenvalue weighted by molar-refractivity contribution is 5.89. The quantitative estimate of drug-likeness (QED) is 0.141. The first-order valence-corrected chi connectivity index (χ1v) is 23.4. The molecule has 0 radical (unpaired) electrons. The molecule has 0 fully saturated rings. The minimum Gasteiger partial charge on any atom is -0.439 e. The van der Waals surface area contributed by atoms with Crippen LogP contribution in [0.15, 0.2) is 79.3 Å². The summed E-state index contributed by atoms with van der Waals surface area (Å²) in [6, 6.07) is 18.3. The van der Waals surface area contributed by atoms with Crippen LogP contribution >= 0.6 is 0 Å². The van der Waals surface area contributed by atoms with Crippen molar-refractivity contribution >= 4 is 23.4 Å². The van der Waals surface area contributed by atoms with Crippen LogP contribution in [0.25, 0.3) is 0 Å². The lowest BCUT2D eigenvalue weighted by molar-refractivity contribution is 0.253. The maximum absolute atomic E-state index is 11.1. The van der Waals surface area contributed by atoms with Gasteiger partial charge >= 0.3 is 18.1 Å². The molecular formula is C64H105N7O4. The van der Waals surface area contributed by atoms with E-state index < -0.39 is 0 Å². The lowest BCUT2D eigenvalue weighted by atomic mass is 10.2. The Morgan fingerprint density at radius 3 is 1.04 bits per heavy atom. The van der Waals surface area contributed by atoms with E-state index in [1.54, 1.807) is 32.3 Å². The van der Waals surface area contributed by atoms with Crippen LogP contribution in [0.1, 0.15) is 173 Å². The Bertz CT molecular complexity index is 2140. The predicted octanol–water partition coefficient (Wildman–Crippen LogP) is 17.9. The molecule has 2 heterocycles. The summed E-state index contributed by atoms with van der Waals surface area (Å²) < 4.78 is 11.0. The Labute approximate surface area is 464 Å². The van der Waals surface area contributed by atoms with Crippen LogP contribution in [0.3, 0.4) is 0 Å². The molecule has 0 unspecified atom stereocenters. The average Bonchev–Trinajstić information content (AvgIpc) is 3.43. The van der Waals surface area contributed by atoms with Gasteiger partial charge in [0.15, 0.2) is 0 Å². The van der Waals surface area contributed by atoms with Gasteiger partial charge in [-0.15, -0.1) is 6.42 Å². The van der Waals surface area contributed by atoms with Gasteiger partial charge in [0.2, 0.25) is 5.88 Å². The highest BCUT2D eigenvalue weighted by Gasteiger charge is 2.04. The molecule has 11 nitrogen and oxygen atoms in total. The summed E-state index contributed by atoms with van der Waals surface area (Å²) in [7, 11) is 3.09. The van der Waals surface area contributed by atoms with Crippen molar-refractivity contribution in [2.75, 3.05) is 24.7 Å². The Kier molecular flexibility index (Phi) is 114. The van der Waals surface area contributed by atoms with Gasteiger partial charge in [0, 0.05) is 20.2 Å². The highest BCUT2D eigenvalue weighted by Crippen LogP contribution is 2.21. The van der Waals surface area contributed by atoms with Crippen molar-refractivity contribution in [1.82, 2.24) is 25.6 Å². The van der Waals surface area contributed by atoms with Crippen LogP contribution in [-0.4, -0.2) is 41.1 Å². The molecule has 0 saturated heterocycles. The molecule has 4 amide bonds. The number of carbonyl (C=O) groups excluding carboxylic acids is 2. The number of terminal acetylenes is 1. The molecule has 2 aromatic heterocycles. The summed E-state index contributed by atoms with van der Waals surface area (Å²) in [4.78, 5) is 34.3. The van der Waals surface area contributed by atoms with Crippen molar-refractivity contribution < 1.29 is 19.1 Å². The van der Waals surface area contributed by atoms with Crippen molar-refractivity contribution in [1.29, 1.82) is 0 Å². The third-order valence-electron chi connectivity index (χ3n) is 5.63. The van der Waals surface area contributed by atoms with Crippen LogP contribution in [-0.2, 0) is 0 Å². The largest absolute Gasteiger partial charge is 0.439 e. The summed E-state index contributed by atoms with van der Waals surface area (Å²) in [5, 5.41) is 10.1. The van der Waals surface area contributed by atoms with Crippen molar-refractivity contribution in [3.05, 3.63) is 90.4 Å². The van der Waals surface area contributed by atoms with Crippen LogP contribution < -0.4 is 30.7 Å². The predicted molar refractivity (Wildman–Crippen MR) is 337 cm³/mol. The third kappa shape index (κ3) is 65.7. The Hall–Kier alpha value is -8.27. The average molecular weight is 1040 g/mol. The Morgan fingerprint density at radius 1 is 0.427 bits per heavy atom. The number of aryl methyl sites for hydroxylation is 2. The fraction of sp³-hybridized carbons (Fsp3) is 0.422. The molecule has 420 valence electrons. The molecule has 0 atom stereocenters. The molecule has 2 aromatic carbocycles. The van der Waals surface area contributed by atoms with Crippen molar-refractivity contribution in [3.63, 3.8) is 0 Å². The maximum atomic E-state index is 11.1. The first kappa shape index (κ1) is 99.9. The van der Waals surface area contributed by atoms with Crippen LogP contribution in [0, 0.1) is 97.2 Å². The number of hydrogen-bond donors (Lipinski definition) is 4. The van der Waals surface area contributed by atoms with Gasteiger partial charge in [-0.25, -0.2) is 24.5 Å². The molecule has 4 rings (SSSR count). The summed E-state index contributed by atoms with van der Waals surface area (Å²) in [6.45, 7) is 37.7. The number of carbonyl (C=O) groups is 2. The van der Waals surface area contributed by atoms with E-state index in [-0.39, 0.29) is 62.6 Å². The smallest absolute Gasteiger partial charge is 0.322 e. The lowest BCUT2D eigenvalue weighted by Crippen LogP contribution is -2.24. The molecule has 0 aliphatic rings. The van der Waals surface area contributed by atoms with Gasteiger partial charge in [0.25, 0.3) is 0 Å². The van der Waals surface area contributed by atoms with Gasteiger partial charge in [-0.05, 0) is 122 Å². The van der Waals surface area contributed by atoms with E-state index in [0.29, 0.717) is 23.0 Å². The number of nitrogens with zero attached hydrogens (tertiary/aromatic N) is 3. The second kappa shape index (κ2) is 85.6.